The molecule has 0 unspecified atom stereocenters. The number of thioether (sulfide) groups is 1. The molecule has 4 rings (SSSR count). The molecule has 3 aromatic rings. The van der Waals surface area contributed by atoms with Gasteiger partial charge in [-0.25, -0.2) is 0 Å². The van der Waals surface area contributed by atoms with Crippen LogP contribution in [-0.4, -0.2) is 39.0 Å². The molecule has 0 amide bonds. The Kier molecular flexibility index (Phi) is 5.94. The highest BCUT2D eigenvalue weighted by molar-refractivity contribution is 7.99. The Labute approximate surface area is 173 Å². The molecule has 0 N–H and O–H groups in total. The van der Waals surface area contributed by atoms with Gasteiger partial charge in [-0.05, 0) is 49.8 Å². The summed E-state index contributed by atoms with van der Waals surface area (Å²) in [6.45, 7) is 5.52. The normalized spacial score (nSPS) is 16.6. The summed E-state index contributed by atoms with van der Waals surface area (Å²) in [6, 6.07) is 10.1. The molecule has 0 radical (unpaired) electrons. The number of ketones is 1. The number of ether oxygens (including phenoxy) is 1. The summed E-state index contributed by atoms with van der Waals surface area (Å²) in [5.74, 6) is 1.32. The van der Waals surface area contributed by atoms with Gasteiger partial charge < -0.3 is 4.74 Å². The molecule has 3 heterocycles. The van der Waals surface area contributed by atoms with E-state index in [1.165, 1.54) is 11.8 Å². The Hall–Kier alpha value is -1.96. The van der Waals surface area contributed by atoms with Crippen molar-refractivity contribution in [3.8, 4) is 10.7 Å². The molecule has 7 heteroatoms. The van der Waals surface area contributed by atoms with Crippen LogP contribution < -0.4 is 0 Å². The first-order valence-electron chi connectivity index (χ1n) is 9.44. The van der Waals surface area contributed by atoms with E-state index in [0.717, 1.165) is 58.5 Å². The van der Waals surface area contributed by atoms with Crippen molar-refractivity contribution in [1.82, 2.24) is 14.8 Å². The third-order valence-electron chi connectivity index (χ3n) is 4.89. The van der Waals surface area contributed by atoms with Gasteiger partial charge >= 0.3 is 0 Å². The first kappa shape index (κ1) is 19.4. The summed E-state index contributed by atoms with van der Waals surface area (Å²) < 4.78 is 7.94. The highest BCUT2D eigenvalue weighted by atomic mass is 32.2. The Bertz CT molecular complexity index is 960. The van der Waals surface area contributed by atoms with Gasteiger partial charge in [0, 0.05) is 12.2 Å². The molecule has 1 atom stereocenters. The summed E-state index contributed by atoms with van der Waals surface area (Å²) in [6.07, 6.45) is 2.33. The van der Waals surface area contributed by atoms with E-state index in [4.69, 9.17) is 4.74 Å². The van der Waals surface area contributed by atoms with Crippen LogP contribution in [0, 0.1) is 13.8 Å². The Balaban J connectivity index is 1.55. The molecule has 146 valence electrons. The molecular formula is C21H23N3O2S2. The summed E-state index contributed by atoms with van der Waals surface area (Å²) in [5.41, 5.74) is 2.90. The zero-order valence-corrected chi connectivity index (χ0v) is 17.7. The second kappa shape index (κ2) is 8.59. The third kappa shape index (κ3) is 4.21. The van der Waals surface area contributed by atoms with Crippen LogP contribution in [-0.2, 0) is 11.3 Å². The number of nitrogens with zero attached hydrogens (tertiary/aromatic N) is 3. The molecular weight excluding hydrogens is 390 g/mol. The van der Waals surface area contributed by atoms with Gasteiger partial charge in [0.25, 0.3) is 0 Å². The van der Waals surface area contributed by atoms with Gasteiger partial charge in [0.2, 0.25) is 0 Å². The summed E-state index contributed by atoms with van der Waals surface area (Å²) in [5, 5.41) is 11.6. The minimum atomic E-state index is 0.121. The highest BCUT2D eigenvalue weighted by Gasteiger charge is 2.23. The lowest BCUT2D eigenvalue weighted by atomic mass is 10.0. The number of Topliss-reactive ketones (excluding diaryl/α,β-unsaturated/α-hetero) is 1. The largest absolute Gasteiger partial charge is 0.376 e. The van der Waals surface area contributed by atoms with Crippen molar-refractivity contribution in [2.24, 2.45) is 0 Å². The average molecular weight is 414 g/mol. The number of benzene rings is 1. The number of rotatable bonds is 7. The number of carbonyl (C=O) groups excluding carboxylic acids is 1. The van der Waals surface area contributed by atoms with Crippen molar-refractivity contribution in [3.63, 3.8) is 0 Å². The fraction of sp³-hybridized carbons (Fsp3) is 0.381. The van der Waals surface area contributed by atoms with Crippen LogP contribution in [0.3, 0.4) is 0 Å². The van der Waals surface area contributed by atoms with Crippen molar-refractivity contribution >= 4 is 28.9 Å². The summed E-state index contributed by atoms with van der Waals surface area (Å²) in [7, 11) is 0. The van der Waals surface area contributed by atoms with E-state index in [1.54, 1.807) is 11.3 Å². The van der Waals surface area contributed by atoms with Gasteiger partial charge in [-0.3, -0.25) is 9.36 Å². The molecule has 1 fully saturated rings. The molecule has 0 saturated carbocycles. The van der Waals surface area contributed by atoms with E-state index in [-0.39, 0.29) is 11.9 Å². The van der Waals surface area contributed by atoms with Crippen LogP contribution in [0.5, 0.6) is 0 Å². The lowest BCUT2D eigenvalue weighted by Gasteiger charge is -2.14. The standard InChI is InChI=1S/C21H23N3O2S2/c1-14-7-8-15(2)17(11-14)18(25)13-28-21-23-22-20(19-6-4-10-27-19)24(21)12-16-5-3-9-26-16/h4,6-8,10-11,16H,3,5,9,12-13H2,1-2H3/t16-/m1/s1. The van der Waals surface area contributed by atoms with Crippen LogP contribution in [0.4, 0.5) is 0 Å². The smallest absolute Gasteiger partial charge is 0.192 e. The fourth-order valence-electron chi connectivity index (χ4n) is 3.38. The van der Waals surface area contributed by atoms with Crippen LogP contribution >= 0.6 is 23.1 Å². The predicted octanol–water partition coefficient (Wildman–Crippen LogP) is 4.78. The van der Waals surface area contributed by atoms with Gasteiger partial charge in [0.05, 0.1) is 23.3 Å². The van der Waals surface area contributed by atoms with Crippen molar-refractivity contribution in [2.45, 2.75) is 44.5 Å². The molecule has 5 nitrogen and oxygen atoms in total. The average Bonchev–Trinajstić information content (AvgIpc) is 3.44. The summed E-state index contributed by atoms with van der Waals surface area (Å²) in [4.78, 5) is 13.9. The molecule has 2 aromatic heterocycles. The van der Waals surface area contributed by atoms with Gasteiger partial charge in [0.1, 0.15) is 0 Å². The van der Waals surface area contributed by atoms with Crippen molar-refractivity contribution in [2.75, 3.05) is 12.4 Å². The molecule has 1 saturated heterocycles. The lowest BCUT2D eigenvalue weighted by molar-refractivity contribution is 0.0953. The Morgan fingerprint density at radius 2 is 2.21 bits per heavy atom. The lowest BCUT2D eigenvalue weighted by Crippen LogP contribution is -2.17. The predicted molar refractivity (Wildman–Crippen MR) is 113 cm³/mol. The maximum absolute atomic E-state index is 12.8. The molecule has 28 heavy (non-hydrogen) atoms. The van der Waals surface area contributed by atoms with Crippen molar-refractivity contribution < 1.29 is 9.53 Å². The number of aromatic nitrogens is 3. The molecule has 1 aliphatic rings. The molecule has 1 aromatic carbocycles. The van der Waals surface area contributed by atoms with Crippen LogP contribution in [0.2, 0.25) is 0 Å². The van der Waals surface area contributed by atoms with Crippen LogP contribution in [0.15, 0.2) is 40.9 Å². The highest BCUT2D eigenvalue weighted by Crippen LogP contribution is 2.29. The van der Waals surface area contributed by atoms with Gasteiger partial charge in [-0.2, -0.15) is 0 Å². The number of hydrogen-bond acceptors (Lipinski definition) is 6. The molecule has 0 aliphatic carbocycles. The SMILES string of the molecule is Cc1ccc(C)c(C(=O)CSc2nnc(-c3cccs3)n2C[C@H]2CCCO2)c1. The first-order valence-corrected chi connectivity index (χ1v) is 11.3. The van der Waals surface area contributed by atoms with E-state index >= 15 is 0 Å². The van der Waals surface area contributed by atoms with E-state index in [9.17, 15) is 4.79 Å². The van der Waals surface area contributed by atoms with Crippen LogP contribution in [0.1, 0.15) is 34.3 Å². The maximum Gasteiger partial charge on any atom is 0.192 e. The first-order chi connectivity index (χ1) is 13.6. The van der Waals surface area contributed by atoms with E-state index in [2.05, 4.69) is 20.8 Å². The van der Waals surface area contributed by atoms with E-state index in [0.29, 0.717) is 5.75 Å². The molecule has 0 bridgehead atoms. The van der Waals surface area contributed by atoms with E-state index in [1.807, 2.05) is 43.5 Å². The number of thiophene rings is 1. The number of hydrogen-bond donors (Lipinski definition) is 0. The summed E-state index contributed by atoms with van der Waals surface area (Å²) >= 11 is 3.10. The molecule has 0 spiro atoms. The van der Waals surface area contributed by atoms with Gasteiger partial charge in [0.15, 0.2) is 16.8 Å². The zero-order chi connectivity index (χ0) is 19.5. The zero-order valence-electron chi connectivity index (χ0n) is 16.1. The number of carbonyl (C=O) groups is 1. The van der Waals surface area contributed by atoms with Gasteiger partial charge in [-0.1, -0.05) is 35.5 Å². The minimum absolute atomic E-state index is 0.121. The second-order valence-corrected chi connectivity index (χ2v) is 8.95. The fourth-order valence-corrected chi connectivity index (χ4v) is 4.93. The quantitative estimate of drug-likeness (QED) is 0.412. The third-order valence-corrected chi connectivity index (χ3v) is 6.73. The van der Waals surface area contributed by atoms with Crippen molar-refractivity contribution in [1.29, 1.82) is 0 Å². The minimum Gasteiger partial charge on any atom is -0.376 e. The Morgan fingerprint density at radius 3 is 2.96 bits per heavy atom. The van der Waals surface area contributed by atoms with E-state index < -0.39 is 0 Å². The maximum atomic E-state index is 12.8. The molecule has 1 aliphatic heterocycles. The topological polar surface area (TPSA) is 57.0 Å². The second-order valence-electron chi connectivity index (χ2n) is 7.06. The van der Waals surface area contributed by atoms with Gasteiger partial charge in [-0.15, -0.1) is 21.5 Å². The van der Waals surface area contributed by atoms with Crippen molar-refractivity contribution in [3.05, 3.63) is 52.4 Å². The number of aryl methyl sites for hydroxylation is 2. The van der Waals surface area contributed by atoms with Crippen LogP contribution in [0.25, 0.3) is 10.7 Å². The Morgan fingerprint density at radius 1 is 1.32 bits per heavy atom. The monoisotopic (exact) mass is 413 g/mol.